The Morgan fingerprint density at radius 2 is 1.86 bits per heavy atom. The summed E-state index contributed by atoms with van der Waals surface area (Å²) >= 11 is 7.01. The zero-order chi connectivity index (χ0) is 10.1. The molecule has 0 radical (unpaired) electrons. The fourth-order valence-corrected chi connectivity index (χ4v) is 2.64. The van der Waals surface area contributed by atoms with Gasteiger partial charge in [-0.05, 0) is 50.9 Å². The lowest BCUT2D eigenvalue weighted by Gasteiger charge is -2.03. The van der Waals surface area contributed by atoms with Crippen LogP contribution in [-0.2, 0) is 0 Å². The van der Waals surface area contributed by atoms with Gasteiger partial charge in [0.15, 0.2) is 0 Å². The monoisotopic (exact) mass is 314 g/mol. The highest BCUT2D eigenvalue weighted by Gasteiger charge is 2.09. The molecule has 14 heavy (non-hydrogen) atoms. The number of nitrogens with zero attached hydrogens (tertiary/aromatic N) is 1. The van der Waals surface area contributed by atoms with E-state index in [2.05, 4.69) is 41.8 Å². The summed E-state index contributed by atoms with van der Waals surface area (Å²) in [6, 6.07) is 5.98. The third-order valence-corrected chi connectivity index (χ3v) is 3.22. The van der Waals surface area contributed by atoms with Gasteiger partial charge in [-0.1, -0.05) is 6.07 Å². The second kappa shape index (κ2) is 3.87. The van der Waals surface area contributed by atoms with Crippen molar-refractivity contribution < 1.29 is 0 Å². The quantitative estimate of drug-likeness (QED) is 0.849. The number of imidazole rings is 1. The number of aromatic amines is 1. The Bertz CT molecular complexity index is 443. The molecule has 1 aromatic carbocycles. The largest absolute Gasteiger partial charge is 0.342 e. The lowest BCUT2D eigenvalue weighted by atomic mass is 10.2. The Kier molecular flexibility index (Phi) is 2.74. The molecule has 1 N–H and O–H groups in total. The van der Waals surface area contributed by atoms with E-state index < -0.39 is 0 Å². The molecule has 0 aliphatic rings. The molecule has 4 heteroatoms. The van der Waals surface area contributed by atoms with Gasteiger partial charge in [-0.15, -0.1) is 0 Å². The van der Waals surface area contributed by atoms with Crippen LogP contribution in [0.15, 0.2) is 33.3 Å². The fraction of sp³-hybridized carbons (Fsp3) is 0.100. The first-order valence-corrected chi connectivity index (χ1v) is 5.73. The van der Waals surface area contributed by atoms with Gasteiger partial charge in [-0.25, -0.2) is 4.98 Å². The standard InChI is InChI=1S/C10H8Br2N2/c1-6-5-13-10(14-6)9-7(11)3-2-4-8(9)12/h2-5H,1H3,(H,13,14). The summed E-state index contributed by atoms with van der Waals surface area (Å²) in [4.78, 5) is 7.49. The highest BCUT2D eigenvalue weighted by Crippen LogP contribution is 2.32. The van der Waals surface area contributed by atoms with Gasteiger partial charge in [0, 0.05) is 26.4 Å². The van der Waals surface area contributed by atoms with E-state index in [1.165, 1.54) is 0 Å². The summed E-state index contributed by atoms with van der Waals surface area (Å²) in [6.07, 6.45) is 1.82. The van der Waals surface area contributed by atoms with Crippen molar-refractivity contribution in [2.45, 2.75) is 6.92 Å². The van der Waals surface area contributed by atoms with Crippen molar-refractivity contribution in [3.05, 3.63) is 39.0 Å². The van der Waals surface area contributed by atoms with Crippen molar-refractivity contribution in [1.82, 2.24) is 9.97 Å². The molecule has 0 spiro atoms. The van der Waals surface area contributed by atoms with Crippen LogP contribution in [0.2, 0.25) is 0 Å². The van der Waals surface area contributed by atoms with Crippen LogP contribution in [0.3, 0.4) is 0 Å². The zero-order valence-corrected chi connectivity index (χ0v) is 10.7. The molecule has 2 rings (SSSR count). The van der Waals surface area contributed by atoms with E-state index in [0.717, 1.165) is 26.0 Å². The molecule has 0 unspecified atom stereocenters. The molecule has 0 aliphatic heterocycles. The van der Waals surface area contributed by atoms with Gasteiger partial charge in [-0.3, -0.25) is 0 Å². The molecule has 0 fully saturated rings. The third kappa shape index (κ3) is 1.77. The average molecular weight is 316 g/mol. The summed E-state index contributed by atoms with van der Waals surface area (Å²) in [5.74, 6) is 0.877. The van der Waals surface area contributed by atoms with Crippen LogP contribution in [0.1, 0.15) is 5.69 Å². The SMILES string of the molecule is Cc1cnc(-c2c(Br)cccc2Br)[nH]1. The molecule has 1 aromatic heterocycles. The van der Waals surface area contributed by atoms with Crippen LogP contribution >= 0.6 is 31.9 Å². The number of aromatic nitrogens is 2. The van der Waals surface area contributed by atoms with Crippen LogP contribution in [0.25, 0.3) is 11.4 Å². The summed E-state index contributed by atoms with van der Waals surface area (Å²) < 4.78 is 2.06. The molecule has 0 atom stereocenters. The molecule has 0 saturated carbocycles. The van der Waals surface area contributed by atoms with Gasteiger partial charge < -0.3 is 4.98 Å². The van der Waals surface area contributed by atoms with E-state index in [4.69, 9.17) is 0 Å². The number of halogens is 2. The first-order valence-electron chi connectivity index (χ1n) is 4.14. The van der Waals surface area contributed by atoms with Crippen molar-refractivity contribution in [1.29, 1.82) is 0 Å². The molecular formula is C10H8Br2N2. The second-order valence-electron chi connectivity index (χ2n) is 3.01. The van der Waals surface area contributed by atoms with Crippen molar-refractivity contribution in [3.8, 4) is 11.4 Å². The Balaban J connectivity index is 2.61. The van der Waals surface area contributed by atoms with Crippen LogP contribution in [-0.4, -0.2) is 9.97 Å². The number of aryl methyl sites for hydroxylation is 1. The molecule has 0 aliphatic carbocycles. The predicted octanol–water partition coefficient (Wildman–Crippen LogP) is 3.91. The number of nitrogens with one attached hydrogen (secondary N) is 1. The molecule has 2 nitrogen and oxygen atoms in total. The van der Waals surface area contributed by atoms with E-state index in [1.807, 2.05) is 31.3 Å². The Hall–Kier alpha value is -0.610. The Labute approximate surface area is 99.0 Å². The summed E-state index contributed by atoms with van der Waals surface area (Å²) in [6.45, 7) is 1.99. The number of H-pyrrole nitrogens is 1. The number of hydrogen-bond donors (Lipinski definition) is 1. The Morgan fingerprint density at radius 1 is 1.21 bits per heavy atom. The van der Waals surface area contributed by atoms with Gasteiger partial charge in [0.2, 0.25) is 0 Å². The molecule has 0 bridgehead atoms. The molecule has 0 saturated heterocycles. The molecular weight excluding hydrogens is 308 g/mol. The van der Waals surface area contributed by atoms with Crippen LogP contribution < -0.4 is 0 Å². The maximum Gasteiger partial charge on any atom is 0.139 e. The smallest absolute Gasteiger partial charge is 0.139 e. The number of rotatable bonds is 1. The predicted molar refractivity (Wildman–Crippen MR) is 64.2 cm³/mol. The van der Waals surface area contributed by atoms with E-state index >= 15 is 0 Å². The zero-order valence-electron chi connectivity index (χ0n) is 7.51. The highest BCUT2D eigenvalue weighted by molar-refractivity contribution is 9.11. The second-order valence-corrected chi connectivity index (χ2v) is 4.72. The minimum Gasteiger partial charge on any atom is -0.342 e. The fourth-order valence-electron chi connectivity index (χ4n) is 1.26. The van der Waals surface area contributed by atoms with E-state index in [9.17, 15) is 0 Å². The van der Waals surface area contributed by atoms with Crippen molar-refractivity contribution in [2.24, 2.45) is 0 Å². The summed E-state index contributed by atoms with van der Waals surface area (Å²) in [7, 11) is 0. The van der Waals surface area contributed by atoms with Gasteiger partial charge in [0.25, 0.3) is 0 Å². The van der Waals surface area contributed by atoms with E-state index in [-0.39, 0.29) is 0 Å². The maximum atomic E-state index is 4.29. The normalized spacial score (nSPS) is 10.5. The minimum atomic E-state index is 0.877. The van der Waals surface area contributed by atoms with Crippen LogP contribution in [0.4, 0.5) is 0 Å². The topological polar surface area (TPSA) is 28.7 Å². The van der Waals surface area contributed by atoms with Crippen molar-refractivity contribution in [3.63, 3.8) is 0 Å². The first kappa shape index (κ1) is 9.93. The van der Waals surface area contributed by atoms with Gasteiger partial charge >= 0.3 is 0 Å². The van der Waals surface area contributed by atoms with Crippen LogP contribution in [0.5, 0.6) is 0 Å². The number of benzene rings is 1. The first-order chi connectivity index (χ1) is 6.68. The highest BCUT2D eigenvalue weighted by atomic mass is 79.9. The molecule has 1 heterocycles. The Morgan fingerprint density at radius 3 is 2.36 bits per heavy atom. The third-order valence-electron chi connectivity index (χ3n) is 1.90. The van der Waals surface area contributed by atoms with Gasteiger partial charge in [-0.2, -0.15) is 0 Å². The van der Waals surface area contributed by atoms with Crippen molar-refractivity contribution >= 4 is 31.9 Å². The van der Waals surface area contributed by atoms with Gasteiger partial charge in [0.05, 0.1) is 0 Å². The maximum absolute atomic E-state index is 4.29. The molecule has 2 aromatic rings. The number of hydrogen-bond acceptors (Lipinski definition) is 1. The van der Waals surface area contributed by atoms with Crippen LogP contribution in [0, 0.1) is 6.92 Å². The van der Waals surface area contributed by atoms with E-state index in [0.29, 0.717) is 0 Å². The lowest BCUT2D eigenvalue weighted by Crippen LogP contribution is -1.84. The van der Waals surface area contributed by atoms with E-state index in [1.54, 1.807) is 0 Å². The summed E-state index contributed by atoms with van der Waals surface area (Å²) in [5.41, 5.74) is 2.11. The van der Waals surface area contributed by atoms with Crippen molar-refractivity contribution in [2.75, 3.05) is 0 Å². The molecule has 72 valence electrons. The van der Waals surface area contributed by atoms with Gasteiger partial charge in [0.1, 0.15) is 5.82 Å². The summed E-state index contributed by atoms with van der Waals surface area (Å²) in [5, 5.41) is 0. The average Bonchev–Trinajstić information content (AvgIpc) is 2.51. The minimum absolute atomic E-state index is 0.877. The lowest BCUT2D eigenvalue weighted by molar-refractivity contribution is 1.25. The molecule has 0 amide bonds.